The van der Waals surface area contributed by atoms with Crippen molar-refractivity contribution in [3.8, 4) is 0 Å². The summed E-state index contributed by atoms with van der Waals surface area (Å²) in [6.45, 7) is 8.72. The maximum Gasteiger partial charge on any atom is 0.116 e. The Morgan fingerprint density at radius 2 is 1.91 bits per heavy atom. The highest BCUT2D eigenvalue weighted by Gasteiger charge is 2.29. The van der Waals surface area contributed by atoms with Gasteiger partial charge in [-0.1, -0.05) is 0 Å². The number of hydrazone groups is 1. The van der Waals surface area contributed by atoms with Gasteiger partial charge < -0.3 is 4.90 Å². The summed E-state index contributed by atoms with van der Waals surface area (Å²) in [7, 11) is 1.99. The molecule has 0 aromatic heterocycles. The van der Waals surface area contributed by atoms with Gasteiger partial charge in [0.1, 0.15) is 12.5 Å². The molecule has 0 saturated heterocycles. The highest BCUT2D eigenvalue weighted by atomic mass is 15.6. The molecule has 0 fully saturated rings. The molecule has 0 amide bonds. The summed E-state index contributed by atoms with van der Waals surface area (Å²) in [5.74, 6) is 0. The molecule has 1 unspecified atom stereocenters. The van der Waals surface area contributed by atoms with Crippen LogP contribution in [0.5, 0.6) is 0 Å². The first-order chi connectivity index (χ1) is 4.93. The van der Waals surface area contributed by atoms with E-state index in [1.807, 2.05) is 18.4 Å². The van der Waals surface area contributed by atoms with Gasteiger partial charge in [0.15, 0.2) is 0 Å². The van der Waals surface area contributed by atoms with Crippen LogP contribution in [0.3, 0.4) is 0 Å². The van der Waals surface area contributed by atoms with E-state index < -0.39 is 0 Å². The standard InChI is InChI=1S/C8H17N3/c1-7-10(5)9-6-11(7)8(2,3)4/h6-7H,1-5H3. The minimum Gasteiger partial charge on any atom is -0.335 e. The molecule has 1 atom stereocenters. The van der Waals surface area contributed by atoms with Crippen LogP contribution in [0, 0.1) is 0 Å². The maximum atomic E-state index is 4.20. The van der Waals surface area contributed by atoms with Crippen LogP contribution < -0.4 is 0 Å². The fraction of sp³-hybridized carbons (Fsp3) is 0.875. The van der Waals surface area contributed by atoms with Gasteiger partial charge in [0.25, 0.3) is 0 Å². The molecule has 0 saturated carbocycles. The molecule has 11 heavy (non-hydrogen) atoms. The van der Waals surface area contributed by atoms with E-state index in [4.69, 9.17) is 0 Å². The number of hydrogen-bond donors (Lipinski definition) is 0. The number of hydrogen-bond acceptors (Lipinski definition) is 3. The topological polar surface area (TPSA) is 18.8 Å². The Balaban J connectivity index is 2.70. The molecule has 1 rings (SSSR count). The van der Waals surface area contributed by atoms with Gasteiger partial charge in [-0.3, -0.25) is 5.01 Å². The predicted molar refractivity (Wildman–Crippen MR) is 47.3 cm³/mol. The largest absolute Gasteiger partial charge is 0.335 e. The molecule has 0 N–H and O–H groups in total. The van der Waals surface area contributed by atoms with Crippen molar-refractivity contribution in [1.29, 1.82) is 0 Å². The van der Waals surface area contributed by atoms with Crippen LogP contribution in [0.2, 0.25) is 0 Å². The third-order valence-electron chi connectivity index (χ3n) is 2.08. The molecule has 3 heteroatoms. The Labute approximate surface area is 68.7 Å². The second-order valence-corrected chi connectivity index (χ2v) is 4.01. The lowest BCUT2D eigenvalue weighted by molar-refractivity contribution is 0.109. The maximum absolute atomic E-state index is 4.20. The van der Waals surface area contributed by atoms with Crippen molar-refractivity contribution in [3.05, 3.63) is 0 Å². The summed E-state index contributed by atoms with van der Waals surface area (Å²) in [6.07, 6.45) is 2.29. The minimum atomic E-state index is 0.174. The third kappa shape index (κ3) is 1.47. The molecule has 1 heterocycles. The van der Waals surface area contributed by atoms with E-state index in [2.05, 4.69) is 37.7 Å². The van der Waals surface area contributed by atoms with Crippen LogP contribution >= 0.6 is 0 Å². The first-order valence-corrected chi connectivity index (χ1v) is 3.98. The Hall–Kier alpha value is -0.730. The lowest BCUT2D eigenvalue weighted by Gasteiger charge is -2.36. The fourth-order valence-corrected chi connectivity index (χ4v) is 1.24. The average Bonchev–Trinajstić information content (AvgIpc) is 2.11. The first kappa shape index (κ1) is 8.37. The first-order valence-electron chi connectivity index (χ1n) is 3.98. The van der Waals surface area contributed by atoms with Crippen LogP contribution in [-0.2, 0) is 0 Å². The van der Waals surface area contributed by atoms with E-state index in [1.165, 1.54) is 0 Å². The zero-order chi connectivity index (χ0) is 8.65. The van der Waals surface area contributed by atoms with Gasteiger partial charge in [-0.05, 0) is 27.7 Å². The summed E-state index contributed by atoms with van der Waals surface area (Å²) < 4.78 is 0. The molecule has 0 aromatic carbocycles. The van der Waals surface area contributed by atoms with Crippen molar-refractivity contribution >= 4 is 6.34 Å². The Kier molecular flexibility index (Phi) is 1.82. The molecular weight excluding hydrogens is 138 g/mol. The van der Waals surface area contributed by atoms with Gasteiger partial charge in [0, 0.05) is 12.6 Å². The zero-order valence-corrected chi connectivity index (χ0v) is 8.00. The van der Waals surface area contributed by atoms with Gasteiger partial charge in [-0.2, -0.15) is 5.10 Å². The molecular formula is C8H17N3. The molecule has 64 valence electrons. The van der Waals surface area contributed by atoms with Crippen molar-refractivity contribution in [1.82, 2.24) is 9.91 Å². The van der Waals surface area contributed by atoms with Gasteiger partial charge >= 0.3 is 0 Å². The molecule has 1 aliphatic heterocycles. The number of nitrogens with zero attached hydrogens (tertiary/aromatic N) is 3. The van der Waals surface area contributed by atoms with Gasteiger partial charge in [0.05, 0.1) is 0 Å². The van der Waals surface area contributed by atoms with Gasteiger partial charge in [-0.25, -0.2) is 0 Å². The SMILES string of the molecule is CC1N(C)N=CN1C(C)(C)C. The van der Waals surface area contributed by atoms with Crippen LogP contribution in [0.1, 0.15) is 27.7 Å². The van der Waals surface area contributed by atoms with E-state index in [-0.39, 0.29) is 5.54 Å². The summed E-state index contributed by atoms with van der Waals surface area (Å²) in [5, 5.41) is 6.16. The van der Waals surface area contributed by atoms with Crippen molar-refractivity contribution in [2.24, 2.45) is 5.10 Å². The number of rotatable bonds is 0. The quantitative estimate of drug-likeness (QED) is 0.525. The average molecular weight is 155 g/mol. The smallest absolute Gasteiger partial charge is 0.116 e. The summed E-state index contributed by atoms with van der Waals surface area (Å²) in [5.41, 5.74) is 0.174. The Bertz CT molecular complexity index is 169. The summed E-state index contributed by atoms with van der Waals surface area (Å²) in [4.78, 5) is 2.24. The summed E-state index contributed by atoms with van der Waals surface area (Å²) in [6, 6.07) is 0. The highest BCUT2D eigenvalue weighted by Crippen LogP contribution is 2.20. The molecule has 0 bridgehead atoms. The molecule has 0 spiro atoms. The highest BCUT2D eigenvalue weighted by molar-refractivity contribution is 5.58. The van der Waals surface area contributed by atoms with E-state index >= 15 is 0 Å². The zero-order valence-electron chi connectivity index (χ0n) is 8.00. The normalized spacial score (nSPS) is 25.0. The summed E-state index contributed by atoms with van der Waals surface area (Å²) >= 11 is 0. The van der Waals surface area contributed by atoms with Gasteiger partial charge in [-0.15, -0.1) is 0 Å². The monoisotopic (exact) mass is 155 g/mol. The van der Waals surface area contributed by atoms with Crippen molar-refractivity contribution in [3.63, 3.8) is 0 Å². The van der Waals surface area contributed by atoms with Crippen molar-refractivity contribution < 1.29 is 0 Å². The lowest BCUT2D eigenvalue weighted by Crippen LogP contribution is -2.46. The predicted octanol–water partition coefficient (Wildman–Crippen LogP) is 1.32. The van der Waals surface area contributed by atoms with E-state index in [9.17, 15) is 0 Å². The third-order valence-corrected chi connectivity index (χ3v) is 2.08. The molecule has 0 aromatic rings. The molecule has 1 aliphatic rings. The second kappa shape index (κ2) is 2.40. The lowest BCUT2D eigenvalue weighted by atomic mass is 10.1. The Morgan fingerprint density at radius 3 is 2.09 bits per heavy atom. The van der Waals surface area contributed by atoms with E-state index in [0.717, 1.165) is 0 Å². The van der Waals surface area contributed by atoms with E-state index in [1.54, 1.807) is 0 Å². The molecule has 0 aliphatic carbocycles. The molecule has 0 radical (unpaired) electrons. The minimum absolute atomic E-state index is 0.174. The van der Waals surface area contributed by atoms with Crippen molar-refractivity contribution in [2.75, 3.05) is 7.05 Å². The second-order valence-electron chi connectivity index (χ2n) is 4.01. The van der Waals surface area contributed by atoms with Crippen LogP contribution in [-0.4, -0.2) is 35.0 Å². The van der Waals surface area contributed by atoms with Crippen LogP contribution in [0.15, 0.2) is 5.10 Å². The van der Waals surface area contributed by atoms with Crippen LogP contribution in [0.25, 0.3) is 0 Å². The Morgan fingerprint density at radius 1 is 1.36 bits per heavy atom. The van der Waals surface area contributed by atoms with Crippen LogP contribution in [0.4, 0.5) is 0 Å². The van der Waals surface area contributed by atoms with Crippen molar-refractivity contribution in [2.45, 2.75) is 39.4 Å². The fourth-order valence-electron chi connectivity index (χ4n) is 1.24. The molecule has 3 nitrogen and oxygen atoms in total. The van der Waals surface area contributed by atoms with Gasteiger partial charge in [0.2, 0.25) is 0 Å². The van der Waals surface area contributed by atoms with E-state index in [0.29, 0.717) is 6.17 Å².